The van der Waals surface area contributed by atoms with Gasteiger partial charge < -0.3 is 0 Å². The number of hydrogen-bond donors (Lipinski definition) is 0. The fourth-order valence-electron chi connectivity index (χ4n) is 0.965. The Balaban J connectivity index is 2.96. The van der Waals surface area contributed by atoms with Gasteiger partial charge in [0, 0.05) is 17.8 Å². The normalized spacial score (nSPS) is 13.0. The van der Waals surface area contributed by atoms with Gasteiger partial charge in [0.05, 0.1) is 0 Å². The third kappa shape index (κ3) is 1.81. The SMILES string of the molecule is CCC(C)c1ncc(C)c(C)n1. The fraction of sp³-hybridized carbons (Fsp3) is 0.600. The molecule has 66 valence electrons. The highest BCUT2D eigenvalue weighted by atomic mass is 14.9. The Morgan fingerprint density at radius 1 is 1.42 bits per heavy atom. The predicted molar refractivity (Wildman–Crippen MR) is 50.2 cm³/mol. The summed E-state index contributed by atoms with van der Waals surface area (Å²) in [6, 6.07) is 0. The van der Waals surface area contributed by atoms with Crippen LogP contribution >= 0.6 is 0 Å². The zero-order valence-electron chi connectivity index (χ0n) is 8.26. The van der Waals surface area contributed by atoms with E-state index in [-0.39, 0.29) is 0 Å². The van der Waals surface area contributed by atoms with Crippen LogP contribution in [0.15, 0.2) is 6.20 Å². The molecule has 0 bridgehead atoms. The van der Waals surface area contributed by atoms with Crippen molar-refractivity contribution in [2.45, 2.75) is 40.0 Å². The molecular weight excluding hydrogens is 148 g/mol. The van der Waals surface area contributed by atoms with E-state index in [9.17, 15) is 0 Å². The highest BCUT2D eigenvalue weighted by Gasteiger charge is 2.06. The third-order valence-corrected chi connectivity index (χ3v) is 2.30. The first-order valence-electron chi connectivity index (χ1n) is 4.45. The molecule has 1 rings (SSSR count). The zero-order chi connectivity index (χ0) is 9.14. The van der Waals surface area contributed by atoms with E-state index in [2.05, 4.69) is 23.8 Å². The molecule has 0 amide bonds. The second kappa shape index (κ2) is 3.65. The lowest BCUT2D eigenvalue weighted by Gasteiger charge is -2.07. The van der Waals surface area contributed by atoms with Gasteiger partial charge in [-0.25, -0.2) is 9.97 Å². The van der Waals surface area contributed by atoms with E-state index in [4.69, 9.17) is 0 Å². The van der Waals surface area contributed by atoms with Crippen LogP contribution < -0.4 is 0 Å². The van der Waals surface area contributed by atoms with Gasteiger partial charge in [-0.05, 0) is 25.8 Å². The van der Waals surface area contributed by atoms with Crippen LogP contribution in [0, 0.1) is 13.8 Å². The Morgan fingerprint density at radius 3 is 2.58 bits per heavy atom. The molecule has 2 nitrogen and oxygen atoms in total. The summed E-state index contributed by atoms with van der Waals surface area (Å²) in [6.07, 6.45) is 3.01. The van der Waals surface area contributed by atoms with Gasteiger partial charge in [0.25, 0.3) is 0 Å². The number of aromatic nitrogens is 2. The zero-order valence-corrected chi connectivity index (χ0v) is 8.26. The minimum Gasteiger partial charge on any atom is -0.241 e. The van der Waals surface area contributed by atoms with E-state index in [1.807, 2.05) is 20.0 Å². The van der Waals surface area contributed by atoms with Gasteiger partial charge >= 0.3 is 0 Å². The van der Waals surface area contributed by atoms with Crippen LogP contribution in [0.25, 0.3) is 0 Å². The third-order valence-electron chi connectivity index (χ3n) is 2.30. The van der Waals surface area contributed by atoms with Crippen molar-refractivity contribution in [2.75, 3.05) is 0 Å². The molecule has 0 saturated heterocycles. The smallest absolute Gasteiger partial charge is 0.131 e. The van der Waals surface area contributed by atoms with Gasteiger partial charge in [0.2, 0.25) is 0 Å². The lowest BCUT2D eigenvalue weighted by atomic mass is 10.1. The van der Waals surface area contributed by atoms with Crippen molar-refractivity contribution in [3.8, 4) is 0 Å². The molecule has 0 N–H and O–H groups in total. The summed E-state index contributed by atoms with van der Waals surface area (Å²) in [6.45, 7) is 8.38. The van der Waals surface area contributed by atoms with Gasteiger partial charge in [0.1, 0.15) is 5.82 Å². The Labute approximate surface area is 74.1 Å². The van der Waals surface area contributed by atoms with E-state index < -0.39 is 0 Å². The molecule has 0 spiro atoms. The largest absolute Gasteiger partial charge is 0.241 e. The maximum atomic E-state index is 4.43. The molecule has 0 aliphatic heterocycles. The van der Waals surface area contributed by atoms with Crippen LogP contribution in [0.2, 0.25) is 0 Å². The first-order chi connectivity index (χ1) is 5.65. The number of nitrogens with zero attached hydrogens (tertiary/aromatic N) is 2. The molecule has 0 saturated carbocycles. The average Bonchev–Trinajstić information content (AvgIpc) is 2.08. The van der Waals surface area contributed by atoms with E-state index in [1.54, 1.807) is 0 Å². The average molecular weight is 164 g/mol. The van der Waals surface area contributed by atoms with E-state index >= 15 is 0 Å². The van der Waals surface area contributed by atoms with Crippen LogP contribution in [0.3, 0.4) is 0 Å². The van der Waals surface area contributed by atoms with Gasteiger partial charge in [-0.3, -0.25) is 0 Å². The molecule has 2 heteroatoms. The second-order valence-electron chi connectivity index (χ2n) is 3.31. The van der Waals surface area contributed by atoms with Crippen molar-refractivity contribution >= 4 is 0 Å². The quantitative estimate of drug-likeness (QED) is 0.671. The molecule has 1 atom stereocenters. The predicted octanol–water partition coefficient (Wildman–Crippen LogP) is 2.61. The Hall–Kier alpha value is -0.920. The van der Waals surface area contributed by atoms with E-state index in [0.29, 0.717) is 5.92 Å². The van der Waals surface area contributed by atoms with E-state index in [0.717, 1.165) is 17.9 Å². The summed E-state index contributed by atoms with van der Waals surface area (Å²) >= 11 is 0. The molecule has 1 aromatic heterocycles. The Morgan fingerprint density at radius 2 is 2.08 bits per heavy atom. The lowest BCUT2D eigenvalue weighted by Crippen LogP contribution is -2.02. The first kappa shape index (κ1) is 9.17. The van der Waals surface area contributed by atoms with Crippen LogP contribution in [0.4, 0.5) is 0 Å². The van der Waals surface area contributed by atoms with Crippen LogP contribution in [-0.4, -0.2) is 9.97 Å². The number of rotatable bonds is 2. The molecule has 1 heterocycles. The summed E-state index contributed by atoms with van der Waals surface area (Å²) in [7, 11) is 0. The number of hydrogen-bond acceptors (Lipinski definition) is 2. The summed E-state index contributed by atoms with van der Waals surface area (Å²) in [5, 5.41) is 0. The number of aryl methyl sites for hydroxylation is 2. The van der Waals surface area contributed by atoms with Crippen molar-refractivity contribution in [2.24, 2.45) is 0 Å². The minimum atomic E-state index is 0.476. The molecule has 0 aliphatic rings. The first-order valence-corrected chi connectivity index (χ1v) is 4.45. The van der Waals surface area contributed by atoms with Gasteiger partial charge in [-0.15, -0.1) is 0 Å². The highest BCUT2D eigenvalue weighted by Crippen LogP contribution is 2.14. The van der Waals surface area contributed by atoms with Crippen LogP contribution in [0.5, 0.6) is 0 Å². The van der Waals surface area contributed by atoms with Crippen LogP contribution in [-0.2, 0) is 0 Å². The molecular formula is C10H16N2. The van der Waals surface area contributed by atoms with E-state index in [1.165, 1.54) is 5.56 Å². The summed E-state index contributed by atoms with van der Waals surface area (Å²) in [5.41, 5.74) is 2.27. The summed E-state index contributed by atoms with van der Waals surface area (Å²) < 4.78 is 0. The maximum absolute atomic E-state index is 4.43. The molecule has 1 unspecified atom stereocenters. The molecule has 0 radical (unpaired) electrons. The fourth-order valence-corrected chi connectivity index (χ4v) is 0.965. The highest BCUT2D eigenvalue weighted by molar-refractivity contribution is 5.14. The minimum absolute atomic E-state index is 0.476. The van der Waals surface area contributed by atoms with Gasteiger partial charge in [-0.1, -0.05) is 13.8 Å². The Kier molecular flexibility index (Phi) is 2.79. The Bertz CT molecular complexity index is 269. The molecule has 0 aromatic carbocycles. The monoisotopic (exact) mass is 164 g/mol. The van der Waals surface area contributed by atoms with Crippen molar-refractivity contribution < 1.29 is 0 Å². The van der Waals surface area contributed by atoms with Gasteiger partial charge in [-0.2, -0.15) is 0 Å². The lowest BCUT2D eigenvalue weighted by molar-refractivity contribution is 0.672. The topological polar surface area (TPSA) is 25.8 Å². The molecule has 12 heavy (non-hydrogen) atoms. The maximum Gasteiger partial charge on any atom is 0.131 e. The molecule has 0 aliphatic carbocycles. The van der Waals surface area contributed by atoms with Crippen molar-refractivity contribution in [1.29, 1.82) is 0 Å². The molecule has 0 fully saturated rings. The van der Waals surface area contributed by atoms with Gasteiger partial charge in [0.15, 0.2) is 0 Å². The summed E-state index contributed by atoms with van der Waals surface area (Å²) in [5.74, 6) is 1.45. The second-order valence-corrected chi connectivity index (χ2v) is 3.31. The van der Waals surface area contributed by atoms with Crippen LogP contribution in [0.1, 0.15) is 43.3 Å². The van der Waals surface area contributed by atoms with Crippen molar-refractivity contribution in [3.63, 3.8) is 0 Å². The summed E-state index contributed by atoms with van der Waals surface area (Å²) in [4.78, 5) is 8.73. The van der Waals surface area contributed by atoms with Crippen molar-refractivity contribution in [1.82, 2.24) is 9.97 Å². The van der Waals surface area contributed by atoms with Crippen molar-refractivity contribution in [3.05, 3.63) is 23.3 Å². The standard InChI is InChI=1S/C10H16N2/c1-5-7(2)10-11-6-8(3)9(4)12-10/h6-7H,5H2,1-4H3. The molecule has 1 aromatic rings.